The zero-order chi connectivity index (χ0) is 21.5. The van der Waals surface area contributed by atoms with E-state index in [1.54, 1.807) is 17.8 Å². The van der Waals surface area contributed by atoms with Crippen molar-refractivity contribution in [1.82, 2.24) is 25.7 Å². The number of aromatic nitrogens is 2. The Bertz CT molecular complexity index is 1030. The van der Waals surface area contributed by atoms with Gasteiger partial charge in [0, 0.05) is 7.05 Å². The molecule has 1 atom stereocenters. The number of thioether (sulfide) groups is 1. The second kappa shape index (κ2) is 9.97. The van der Waals surface area contributed by atoms with Crippen molar-refractivity contribution in [3.63, 3.8) is 0 Å². The standard InChI is InChI=1S/C20H23N5O4S/c1-25-15-7-4-3-6-13(15)21-17(25)12-18(26)23-24-19(27)14(9-11-30-2)22-20(28)16-8-5-10-29-16/h3-8,10,14H,9,11-12H2,1-2H3,(H,22,28)(H,23,26)(H,24,27). The Kier molecular flexibility index (Phi) is 7.12. The van der Waals surface area contributed by atoms with Crippen molar-refractivity contribution in [1.29, 1.82) is 0 Å². The van der Waals surface area contributed by atoms with E-state index >= 15 is 0 Å². The normalized spacial score (nSPS) is 11.8. The molecular weight excluding hydrogens is 406 g/mol. The third kappa shape index (κ3) is 5.20. The molecule has 0 fully saturated rings. The Balaban J connectivity index is 1.57. The molecule has 3 N–H and O–H groups in total. The number of furan rings is 1. The Morgan fingerprint density at radius 1 is 1.17 bits per heavy atom. The number of aryl methyl sites for hydroxylation is 1. The van der Waals surface area contributed by atoms with E-state index in [0.717, 1.165) is 11.0 Å². The topological polar surface area (TPSA) is 118 Å². The number of nitrogens with one attached hydrogen (secondary N) is 3. The van der Waals surface area contributed by atoms with Crippen molar-refractivity contribution < 1.29 is 18.8 Å². The van der Waals surface area contributed by atoms with Crippen molar-refractivity contribution in [3.05, 3.63) is 54.2 Å². The van der Waals surface area contributed by atoms with Gasteiger partial charge in [0.1, 0.15) is 11.9 Å². The second-order valence-electron chi connectivity index (χ2n) is 6.57. The summed E-state index contributed by atoms with van der Waals surface area (Å²) in [6, 6.07) is 9.86. The molecule has 3 aromatic rings. The number of hydrogen-bond donors (Lipinski definition) is 3. The number of hydrazine groups is 1. The zero-order valence-electron chi connectivity index (χ0n) is 16.7. The van der Waals surface area contributed by atoms with Gasteiger partial charge >= 0.3 is 0 Å². The van der Waals surface area contributed by atoms with E-state index in [1.165, 1.54) is 12.3 Å². The van der Waals surface area contributed by atoms with Crippen molar-refractivity contribution in [3.8, 4) is 0 Å². The van der Waals surface area contributed by atoms with Gasteiger partial charge in [-0.15, -0.1) is 0 Å². The van der Waals surface area contributed by atoms with Gasteiger partial charge in [-0.25, -0.2) is 4.98 Å². The molecule has 30 heavy (non-hydrogen) atoms. The molecule has 10 heteroatoms. The first-order valence-electron chi connectivity index (χ1n) is 9.32. The van der Waals surface area contributed by atoms with Crippen molar-refractivity contribution in [2.45, 2.75) is 18.9 Å². The van der Waals surface area contributed by atoms with Crippen molar-refractivity contribution in [2.24, 2.45) is 7.05 Å². The number of amides is 3. The highest BCUT2D eigenvalue weighted by atomic mass is 32.2. The van der Waals surface area contributed by atoms with Crippen LogP contribution in [-0.2, 0) is 23.1 Å². The minimum atomic E-state index is -0.814. The molecule has 0 spiro atoms. The van der Waals surface area contributed by atoms with E-state index in [9.17, 15) is 14.4 Å². The van der Waals surface area contributed by atoms with Crippen LogP contribution in [0, 0.1) is 0 Å². The highest BCUT2D eigenvalue weighted by molar-refractivity contribution is 7.98. The van der Waals surface area contributed by atoms with Crippen LogP contribution in [0.4, 0.5) is 0 Å². The summed E-state index contributed by atoms with van der Waals surface area (Å²) in [5.74, 6) is -0.0715. The maximum atomic E-state index is 12.5. The van der Waals surface area contributed by atoms with E-state index in [0.29, 0.717) is 18.0 Å². The van der Waals surface area contributed by atoms with Crippen molar-refractivity contribution in [2.75, 3.05) is 12.0 Å². The van der Waals surface area contributed by atoms with Crippen LogP contribution >= 0.6 is 11.8 Å². The number of carbonyl (C=O) groups is 3. The lowest BCUT2D eigenvalue weighted by atomic mass is 10.2. The largest absolute Gasteiger partial charge is 0.459 e. The lowest BCUT2D eigenvalue weighted by molar-refractivity contribution is -0.129. The number of rotatable bonds is 8. The van der Waals surface area contributed by atoms with Gasteiger partial charge in [-0.05, 0) is 42.7 Å². The van der Waals surface area contributed by atoms with Crippen molar-refractivity contribution >= 4 is 40.5 Å². The molecule has 0 saturated heterocycles. The molecule has 1 unspecified atom stereocenters. The average molecular weight is 430 g/mol. The van der Waals surface area contributed by atoms with Crippen LogP contribution in [0.25, 0.3) is 11.0 Å². The first kappa shape index (κ1) is 21.4. The molecule has 2 heterocycles. The van der Waals surface area contributed by atoms with Crippen LogP contribution in [0.5, 0.6) is 0 Å². The number of hydrogen-bond acceptors (Lipinski definition) is 6. The maximum Gasteiger partial charge on any atom is 0.287 e. The van der Waals surface area contributed by atoms with E-state index < -0.39 is 23.8 Å². The summed E-state index contributed by atoms with van der Waals surface area (Å²) in [6.45, 7) is 0. The maximum absolute atomic E-state index is 12.5. The number of benzene rings is 1. The molecule has 0 aliphatic carbocycles. The summed E-state index contributed by atoms with van der Waals surface area (Å²) >= 11 is 1.55. The van der Waals surface area contributed by atoms with Gasteiger partial charge in [0.15, 0.2) is 5.76 Å². The molecular formula is C20H23N5O4S. The molecule has 158 valence electrons. The number of para-hydroxylation sites is 2. The number of carbonyl (C=O) groups excluding carboxylic acids is 3. The Morgan fingerprint density at radius 2 is 1.97 bits per heavy atom. The first-order chi connectivity index (χ1) is 14.5. The molecule has 0 aliphatic heterocycles. The number of fused-ring (bicyclic) bond motifs is 1. The monoisotopic (exact) mass is 429 g/mol. The van der Waals surface area contributed by atoms with Crippen LogP contribution in [0.3, 0.4) is 0 Å². The molecule has 0 aliphatic rings. The van der Waals surface area contributed by atoms with E-state index in [1.807, 2.05) is 42.1 Å². The minimum Gasteiger partial charge on any atom is -0.459 e. The van der Waals surface area contributed by atoms with Gasteiger partial charge in [0.05, 0.1) is 23.7 Å². The Morgan fingerprint density at radius 3 is 2.67 bits per heavy atom. The molecule has 1 aromatic carbocycles. The molecule has 9 nitrogen and oxygen atoms in total. The lowest BCUT2D eigenvalue weighted by Gasteiger charge is -2.17. The van der Waals surface area contributed by atoms with Gasteiger partial charge in [-0.2, -0.15) is 11.8 Å². The smallest absolute Gasteiger partial charge is 0.287 e. The second-order valence-corrected chi connectivity index (χ2v) is 7.56. The zero-order valence-corrected chi connectivity index (χ0v) is 17.5. The predicted octanol–water partition coefficient (Wildman–Crippen LogP) is 1.41. The van der Waals surface area contributed by atoms with Crippen LogP contribution < -0.4 is 16.2 Å². The van der Waals surface area contributed by atoms with Gasteiger partial charge in [-0.3, -0.25) is 25.2 Å². The number of nitrogens with zero attached hydrogens (tertiary/aromatic N) is 2. The quantitative estimate of drug-likeness (QED) is 0.466. The predicted molar refractivity (Wildman–Crippen MR) is 114 cm³/mol. The third-order valence-electron chi connectivity index (χ3n) is 4.50. The summed E-state index contributed by atoms with van der Waals surface area (Å²) in [4.78, 5) is 41.5. The highest BCUT2D eigenvalue weighted by Crippen LogP contribution is 2.14. The van der Waals surface area contributed by atoms with Gasteiger partial charge in [-0.1, -0.05) is 12.1 Å². The van der Waals surface area contributed by atoms with Crippen LogP contribution in [0.1, 0.15) is 22.8 Å². The summed E-state index contributed by atoms with van der Waals surface area (Å²) in [6.07, 6.45) is 3.69. The highest BCUT2D eigenvalue weighted by Gasteiger charge is 2.23. The molecule has 3 rings (SSSR count). The number of imidazole rings is 1. The average Bonchev–Trinajstić information content (AvgIpc) is 3.38. The minimum absolute atomic E-state index is 0.000305. The van der Waals surface area contributed by atoms with Gasteiger partial charge in [0.2, 0.25) is 5.91 Å². The Hall–Kier alpha value is -3.27. The summed E-state index contributed by atoms with van der Waals surface area (Å²) < 4.78 is 6.89. The summed E-state index contributed by atoms with van der Waals surface area (Å²) in [5, 5.41) is 2.63. The van der Waals surface area contributed by atoms with Crippen LogP contribution in [-0.4, -0.2) is 45.3 Å². The molecule has 0 bridgehead atoms. The van der Waals surface area contributed by atoms with E-state index in [4.69, 9.17) is 4.42 Å². The van der Waals surface area contributed by atoms with Gasteiger partial charge < -0.3 is 14.3 Å². The molecule has 3 amide bonds. The lowest BCUT2D eigenvalue weighted by Crippen LogP contribution is -2.52. The van der Waals surface area contributed by atoms with Crippen LogP contribution in [0.15, 0.2) is 47.1 Å². The third-order valence-corrected chi connectivity index (χ3v) is 5.14. The fourth-order valence-electron chi connectivity index (χ4n) is 2.90. The molecule has 0 radical (unpaired) electrons. The summed E-state index contributed by atoms with van der Waals surface area (Å²) in [7, 11) is 1.83. The van der Waals surface area contributed by atoms with Gasteiger partial charge in [0.25, 0.3) is 11.8 Å². The van der Waals surface area contributed by atoms with E-state index in [-0.39, 0.29) is 12.2 Å². The Labute approximate surface area is 177 Å². The SMILES string of the molecule is CSCCC(NC(=O)c1ccco1)C(=O)NNC(=O)Cc1nc2ccccc2n1C. The fourth-order valence-corrected chi connectivity index (χ4v) is 3.37. The van der Waals surface area contributed by atoms with E-state index in [2.05, 4.69) is 21.2 Å². The molecule has 0 saturated carbocycles. The fraction of sp³-hybridized carbons (Fsp3) is 0.300. The molecule has 2 aromatic heterocycles. The first-order valence-corrected chi connectivity index (χ1v) is 10.7. The van der Waals surface area contributed by atoms with Crippen LogP contribution in [0.2, 0.25) is 0 Å². The summed E-state index contributed by atoms with van der Waals surface area (Å²) in [5.41, 5.74) is 6.49.